The lowest BCUT2D eigenvalue weighted by Gasteiger charge is -2.39. The van der Waals surface area contributed by atoms with E-state index in [0.29, 0.717) is 23.9 Å². The van der Waals surface area contributed by atoms with Gasteiger partial charge in [-0.05, 0) is 50.4 Å². The van der Waals surface area contributed by atoms with E-state index in [1.54, 1.807) is 28.6 Å². The van der Waals surface area contributed by atoms with Crippen molar-refractivity contribution in [3.05, 3.63) is 30.3 Å². The Morgan fingerprint density at radius 2 is 1.87 bits per heavy atom. The lowest BCUT2D eigenvalue weighted by atomic mass is 9.72. The van der Waals surface area contributed by atoms with Gasteiger partial charge in [-0.3, -0.25) is 0 Å². The first-order valence-corrected chi connectivity index (χ1v) is 9.66. The third-order valence-electron chi connectivity index (χ3n) is 5.24. The molecule has 0 saturated carbocycles. The van der Waals surface area contributed by atoms with Gasteiger partial charge in [0, 0.05) is 32.8 Å². The molecule has 2 fully saturated rings. The van der Waals surface area contributed by atoms with Crippen molar-refractivity contribution in [2.75, 3.05) is 46.9 Å². The van der Waals surface area contributed by atoms with E-state index in [4.69, 9.17) is 4.74 Å². The second kappa shape index (κ2) is 6.51. The lowest BCUT2D eigenvalue weighted by molar-refractivity contribution is -0.00333. The molecule has 2 saturated heterocycles. The van der Waals surface area contributed by atoms with Crippen LogP contribution in [-0.2, 0) is 14.8 Å². The Morgan fingerprint density at radius 3 is 2.48 bits per heavy atom. The van der Waals surface area contributed by atoms with Gasteiger partial charge < -0.3 is 9.64 Å². The summed E-state index contributed by atoms with van der Waals surface area (Å²) in [6, 6.07) is 8.78. The van der Waals surface area contributed by atoms with Gasteiger partial charge in [0.15, 0.2) is 0 Å². The maximum Gasteiger partial charge on any atom is 0.243 e. The molecule has 2 heterocycles. The maximum atomic E-state index is 13.0. The summed E-state index contributed by atoms with van der Waals surface area (Å²) >= 11 is 0. The smallest absolute Gasteiger partial charge is 0.243 e. The SMILES string of the molecule is CN(C)C[C@@H]1CN(S(=O)(=O)c2ccccc2)CC12CCOCC2. The second-order valence-corrected chi connectivity index (χ2v) is 8.98. The number of rotatable bonds is 4. The Morgan fingerprint density at radius 1 is 1.22 bits per heavy atom. The van der Waals surface area contributed by atoms with Crippen LogP contribution in [0.2, 0.25) is 0 Å². The molecular formula is C17H26N2O3S. The number of nitrogens with zero attached hydrogens (tertiary/aromatic N) is 2. The predicted molar refractivity (Wildman–Crippen MR) is 89.7 cm³/mol. The van der Waals surface area contributed by atoms with Crippen LogP contribution in [0.5, 0.6) is 0 Å². The van der Waals surface area contributed by atoms with Crippen LogP contribution in [0, 0.1) is 11.3 Å². The molecule has 2 aliphatic heterocycles. The Bertz CT molecular complexity index is 624. The number of sulfonamides is 1. The second-order valence-electron chi connectivity index (χ2n) is 7.04. The van der Waals surface area contributed by atoms with E-state index < -0.39 is 10.0 Å². The van der Waals surface area contributed by atoms with Crippen LogP contribution in [0.1, 0.15) is 12.8 Å². The van der Waals surface area contributed by atoms with Crippen molar-refractivity contribution in [2.45, 2.75) is 17.7 Å². The number of benzene rings is 1. The quantitative estimate of drug-likeness (QED) is 0.838. The first kappa shape index (κ1) is 16.9. The van der Waals surface area contributed by atoms with Crippen LogP contribution < -0.4 is 0 Å². The minimum absolute atomic E-state index is 0.0599. The summed E-state index contributed by atoms with van der Waals surface area (Å²) < 4.78 is 33.2. The van der Waals surface area contributed by atoms with Crippen molar-refractivity contribution in [2.24, 2.45) is 11.3 Å². The number of hydrogen-bond donors (Lipinski definition) is 0. The number of ether oxygens (including phenoxy) is 1. The van der Waals surface area contributed by atoms with E-state index in [9.17, 15) is 8.42 Å². The molecule has 0 amide bonds. The van der Waals surface area contributed by atoms with E-state index in [0.717, 1.165) is 32.6 Å². The van der Waals surface area contributed by atoms with Gasteiger partial charge in [-0.25, -0.2) is 8.42 Å². The highest BCUT2D eigenvalue weighted by Gasteiger charge is 2.50. The Hall–Kier alpha value is -0.950. The van der Waals surface area contributed by atoms with Crippen molar-refractivity contribution >= 4 is 10.0 Å². The summed E-state index contributed by atoms with van der Waals surface area (Å²) in [4.78, 5) is 2.56. The molecular weight excluding hydrogens is 312 g/mol. The minimum Gasteiger partial charge on any atom is -0.381 e. The van der Waals surface area contributed by atoms with Gasteiger partial charge >= 0.3 is 0 Å². The normalized spacial score (nSPS) is 25.3. The van der Waals surface area contributed by atoms with Gasteiger partial charge in [-0.2, -0.15) is 4.31 Å². The van der Waals surface area contributed by atoms with Crippen LogP contribution in [-0.4, -0.2) is 64.6 Å². The van der Waals surface area contributed by atoms with Crippen LogP contribution in [0.3, 0.4) is 0 Å². The highest BCUT2D eigenvalue weighted by atomic mass is 32.2. The highest BCUT2D eigenvalue weighted by molar-refractivity contribution is 7.89. The summed E-state index contributed by atoms with van der Waals surface area (Å²) in [7, 11) is 0.705. The standard InChI is InChI=1S/C17H26N2O3S/c1-18(2)12-15-13-19(14-17(15)8-10-22-11-9-17)23(20,21)16-6-4-3-5-7-16/h3-7,15H,8-14H2,1-2H3/t15-/m1/s1. The van der Waals surface area contributed by atoms with E-state index in [1.807, 2.05) is 6.07 Å². The molecule has 23 heavy (non-hydrogen) atoms. The Kier molecular flexibility index (Phi) is 4.78. The maximum absolute atomic E-state index is 13.0. The molecule has 1 aromatic carbocycles. The molecule has 128 valence electrons. The zero-order valence-electron chi connectivity index (χ0n) is 13.9. The van der Waals surface area contributed by atoms with Crippen LogP contribution >= 0.6 is 0 Å². The zero-order chi connectivity index (χ0) is 16.5. The molecule has 6 heteroatoms. The summed E-state index contributed by atoms with van der Waals surface area (Å²) in [5, 5.41) is 0. The van der Waals surface area contributed by atoms with Crippen molar-refractivity contribution in [3.63, 3.8) is 0 Å². The predicted octanol–water partition coefficient (Wildman–Crippen LogP) is 1.67. The summed E-state index contributed by atoms with van der Waals surface area (Å²) in [5.41, 5.74) is 0.0599. The molecule has 0 bridgehead atoms. The molecule has 5 nitrogen and oxygen atoms in total. The van der Waals surface area contributed by atoms with E-state index in [2.05, 4.69) is 19.0 Å². The molecule has 1 aromatic rings. The summed E-state index contributed by atoms with van der Waals surface area (Å²) in [6.07, 6.45) is 1.90. The average Bonchev–Trinajstić information content (AvgIpc) is 2.87. The monoisotopic (exact) mass is 338 g/mol. The van der Waals surface area contributed by atoms with Crippen molar-refractivity contribution in [1.82, 2.24) is 9.21 Å². The third kappa shape index (κ3) is 3.31. The minimum atomic E-state index is -3.41. The van der Waals surface area contributed by atoms with Gasteiger partial charge in [0.1, 0.15) is 0 Å². The topological polar surface area (TPSA) is 49.9 Å². The molecule has 2 aliphatic rings. The molecule has 1 atom stereocenters. The molecule has 0 unspecified atom stereocenters. The molecule has 0 aliphatic carbocycles. The van der Waals surface area contributed by atoms with E-state index in [-0.39, 0.29) is 5.41 Å². The van der Waals surface area contributed by atoms with Gasteiger partial charge in [-0.1, -0.05) is 18.2 Å². The molecule has 1 spiro atoms. The lowest BCUT2D eigenvalue weighted by Crippen LogP contribution is -2.40. The molecule has 3 rings (SSSR count). The largest absolute Gasteiger partial charge is 0.381 e. The van der Waals surface area contributed by atoms with E-state index in [1.165, 1.54) is 0 Å². The summed E-state index contributed by atoms with van der Waals surface area (Å²) in [6.45, 7) is 3.62. The summed E-state index contributed by atoms with van der Waals surface area (Å²) in [5.74, 6) is 0.361. The molecule has 0 radical (unpaired) electrons. The van der Waals surface area contributed by atoms with Gasteiger partial charge in [0.05, 0.1) is 4.90 Å². The fourth-order valence-corrected chi connectivity index (χ4v) is 5.55. The Balaban J connectivity index is 1.88. The zero-order valence-corrected chi connectivity index (χ0v) is 14.8. The highest BCUT2D eigenvalue weighted by Crippen LogP contribution is 2.45. The average molecular weight is 338 g/mol. The Labute approximate surface area is 139 Å². The van der Waals surface area contributed by atoms with Crippen LogP contribution in [0.15, 0.2) is 35.2 Å². The molecule has 0 aromatic heterocycles. The first-order valence-electron chi connectivity index (χ1n) is 8.22. The van der Waals surface area contributed by atoms with Crippen LogP contribution in [0.4, 0.5) is 0 Å². The number of hydrogen-bond acceptors (Lipinski definition) is 4. The van der Waals surface area contributed by atoms with Crippen LogP contribution in [0.25, 0.3) is 0 Å². The third-order valence-corrected chi connectivity index (χ3v) is 7.06. The van der Waals surface area contributed by atoms with Crippen molar-refractivity contribution in [3.8, 4) is 0 Å². The van der Waals surface area contributed by atoms with E-state index >= 15 is 0 Å². The van der Waals surface area contributed by atoms with Crippen molar-refractivity contribution in [1.29, 1.82) is 0 Å². The fourth-order valence-electron chi connectivity index (χ4n) is 3.95. The van der Waals surface area contributed by atoms with Gasteiger partial charge in [0.2, 0.25) is 10.0 Å². The van der Waals surface area contributed by atoms with Gasteiger partial charge in [-0.15, -0.1) is 0 Å². The first-order chi connectivity index (χ1) is 10.9. The fraction of sp³-hybridized carbons (Fsp3) is 0.647. The van der Waals surface area contributed by atoms with Crippen molar-refractivity contribution < 1.29 is 13.2 Å². The molecule has 0 N–H and O–H groups in total. The van der Waals surface area contributed by atoms with Gasteiger partial charge in [0.25, 0.3) is 0 Å².